The Morgan fingerprint density at radius 3 is 2.50 bits per heavy atom. The third-order valence-corrected chi connectivity index (χ3v) is 3.65. The zero-order valence-corrected chi connectivity index (χ0v) is 11.6. The molecule has 1 aliphatic heterocycles. The summed E-state index contributed by atoms with van der Waals surface area (Å²) in [6.45, 7) is 4.82. The van der Waals surface area contributed by atoms with Gasteiger partial charge in [0.05, 0.1) is 0 Å². The Labute approximate surface area is 116 Å². The lowest BCUT2D eigenvalue weighted by molar-refractivity contribution is -0.142. The van der Waals surface area contributed by atoms with E-state index in [1.807, 2.05) is 26.0 Å². The molecular formula is C14H16N2O4. The standard InChI is InChI=1S/C14H16N2O4/c1-8-4-5-10(6-9(8)2)14(3)12(19)16(7-11(17)18)13(20)15-14/h4-6H,7H2,1-3H3,(H,15,20)(H,17,18). The van der Waals surface area contributed by atoms with Crippen molar-refractivity contribution < 1.29 is 19.5 Å². The van der Waals surface area contributed by atoms with E-state index in [4.69, 9.17) is 5.11 Å². The smallest absolute Gasteiger partial charge is 0.325 e. The van der Waals surface area contributed by atoms with E-state index in [0.29, 0.717) is 5.56 Å². The molecule has 1 unspecified atom stereocenters. The molecule has 0 bridgehead atoms. The lowest BCUT2D eigenvalue weighted by Gasteiger charge is -2.22. The number of carbonyl (C=O) groups excluding carboxylic acids is 2. The summed E-state index contributed by atoms with van der Waals surface area (Å²) in [6.07, 6.45) is 0. The van der Waals surface area contributed by atoms with Gasteiger partial charge in [-0.25, -0.2) is 4.79 Å². The first-order valence-electron chi connectivity index (χ1n) is 6.19. The molecule has 1 atom stereocenters. The van der Waals surface area contributed by atoms with Gasteiger partial charge in [-0.3, -0.25) is 14.5 Å². The zero-order chi connectivity index (χ0) is 15.1. The number of aryl methyl sites for hydroxylation is 2. The SMILES string of the molecule is Cc1ccc(C2(C)NC(=O)N(CC(=O)O)C2=O)cc1C. The Morgan fingerprint density at radius 2 is 1.95 bits per heavy atom. The molecule has 0 aromatic heterocycles. The van der Waals surface area contributed by atoms with Crippen LogP contribution in [-0.4, -0.2) is 34.5 Å². The van der Waals surface area contributed by atoms with Gasteiger partial charge in [-0.05, 0) is 37.5 Å². The molecule has 1 fully saturated rings. The van der Waals surface area contributed by atoms with Crippen LogP contribution in [-0.2, 0) is 15.1 Å². The van der Waals surface area contributed by atoms with Crippen LogP contribution in [0.3, 0.4) is 0 Å². The Bertz CT molecular complexity index is 611. The van der Waals surface area contributed by atoms with Gasteiger partial charge in [0.2, 0.25) is 0 Å². The number of imide groups is 1. The molecule has 6 heteroatoms. The van der Waals surface area contributed by atoms with Gasteiger partial charge in [0.1, 0.15) is 12.1 Å². The summed E-state index contributed by atoms with van der Waals surface area (Å²) >= 11 is 0. The molecule has 1 aliphatic rings. The number of hydrogen-bond donors (Lipinski definition) is 2. The predicted molar refractivity (Wildman–Crippen MR) is 71.1 cm³/mol. The van der Waals surface area contributed by atoms with Crippen LogP contribution in [0, 0.1) is 13.8 Å². The van der Waals surface area contributed by atoms with Crippen molar-refractivity contribution in [2.75, 3.05) is 6.54 Å². The Balaban J connectivity index is 2.40. The molecule has 6 nitrogen and oxygen atoms in total. The molecule has 2 N–H and O–H groups in total. The first-order valence-corrected chi connectivity index (χ1v) is 6.19. The van der Waals surface area contributed by atoms with Crippen LogP contribution in [0.25, 0.3) is 0 Å². The van der Waals surface area contributed by atoms with Crippen molar-refractivity contribution in [2.45, 2.75) is 26.3 Å². The van der Waals surface area contributed by atoms with Crippen LogP contribution in [0.1, 0.15) is 23.6 Å². The third kappa shape index (κ3) is 2.13. The molecule has 0 aliphatic carbocycles. The maximum atomic E-state index is 12.3. The van der Waals surface area contributed by atoms with Crippen LogP contribution in [0.5, 0.6) is 0 Å². The number of amides is 3. The molecule has 20 heavy (non-hydrogen) atoms. The van der Waals surface area contributed by atoms with Crippen LogP contribution >= 0.6 is 0 Å². The van der Waals surface area contributed by atoms with Crippen LogP contribution in [0.2, 0.25) is 0 Å². The highest BCUT2D eigenvalue weighted by Gasteiger charge is 2.49. The number of rotatable bonds is 3. The summed E-state index contributed by atoms with van der Waals surface area (Å²) < 4.78 is 0. The number of carbonyl (C=O) groups is 3. The molecule has 0 spiro atoms. The number of hydrogen-bond acceptors (Lipinski definition) is 3. The van der Waals surface area contributed by atoms with Gasteiger partial charge in [0.15, 0.2) is 0 Å². The molecular weight excluding hydrogens is 260 g/mol. The molecule has 0 saturated carbocycles. The largest absolute Gasteiger partial charge is 0.480 e. The Morgan fingerprint density at radius 1 is 1.30 bits per heavy atom. The highest BCUT2D eigenvalue weighted by atomic mass is 16.4. The topological polar surface area (TPSA) is 86.7 Å². The summed E-state index contributed by atoms with van der Waals surface area (Å²) in [5.41, 5.74) is 1.51. The highest BCUT2D eigenvalue weighted by Crippen LogP contribution is 2.29. The third-order valence-electron chi connectivity index (χ3n) is 3.65. The van der Waals surface area contributed by atoms with Crippen molar-refractivity contribution in [2.24, 2.45) is 0 Å². The van der Waals surface area contributed by atoms with Crippen molar-refractivity contribution >= 4 is 17.9 Å². The summed E-state index contributed by atoms with van der Waals surface area (Å²) in [5, 5.41) is 11.3. The second-order valence-electron chi connectivity index (χ2n) is 5.14. The van der Waals surface area contributed by atoms with Gasteiger partial charge in [0, 0.05) is 0 Å². The predicted octanol–water partition coefficient (Wildman–Crippen LogP) is 1.16. The average molecular weight is 276 g/mol. The minimum atomic E-state index is -1.22. The maximum absolute atomic E-state index is 12.3. The summed E-state index contributed by atoms with van der Waals surface area (Å²) in [5.74, 6) is -1.77. The number of urea groups is 1. The fourth-order valence-electron chi connectivity index (χ4n) is 2.22. The van der Waals surface area contributed by atoms with Crippen molar-refractivity contribution in [3.63, 3.8) is 0 Å². The van der Waals surface area contributed by atoms with E-state index in [-0.39, 0.29) is 0 Å². The fourth-order valence-corrected chi connectivity index (χ4v) is 2.22. The monoisotopic (exact) mass is 276 g/mol. The minimum absolute atomic E-state index is 0.548. The molecule has 2 rings (SSSR count). The number of carboxylic acids is 1. The number of benzene rings is 1. The van der Waals surface area contributed by atoms with Crippen LogP contribution in [0.4, 0.5) is 4.79 Å². The van der Waals surface area contributed by atoms with E-state index < -0.39 is 30.0 Å². The van der Waals surface area contributed by atoms with Crippen LogP contribution < -0.4 is 5.32 Å². The highest BCUT2D eigenvalue weighted by molar-refractivity contribution is 6.08. The molecule has 106 valence electrons. The number of aliphatic carboxylic acids is 1. The Kier molecular flexibility index (Phi) is 3.25. The molecule has 1 saturated heterocycles. The lowest BCUT2D eigenvalue weighted by atomic mass is 9.90. The summed E-state index contributed by atoms with van der Waals surface area (Å²) in [6, 6.07) is 4.79. The van der Waals surface area contributed by atoms with Crippen molar-refractivity contribution in [1.82, 2.24) is 10.2 Å². The normalized spacial score (nSPS) is 22.1. The molecule has 1 aromatic rings. The first-order chi connectivity index (χ1) is 9.25. The number of carboxylic acid groups (broad SMARTS) is 1. The summed E-state index contributed by atoms with van der Waals surface area (Å²) in [7, 11) is 0. The van der Waals surface area contributed by atoms with Gasteiger partial charge in [-0.2, -0.15) is 0 Å². The Hall–Kier alpha value is -2.37. The molecule has 1 aromatic carbocycles. The van der Waals surface area contributed by atoms with Crippen LogP contribution in [0.15, 0.2) is 18.2 Å². The van der Waals surface area contributed by atoms with Gasteiger partial charge < -0.3 is 10.4 Å². The number of nitrogens with one attached hydrogen (secondary N) is 1. The van der Waals surface area contributed by atoms with Gasteiger partial charge in [-0.15, -0.1) is 0 Å². The van der Waals surface area contributed by atoms with Gasteiger partial charge in [-0.1, -0.05) is 18.2 Å². The number of nitrogens with zero attached hydrogens (tertiary/aromatic N) is 1. The van der Waals surface area contributed by atoms with Crippen molar-refractivity contribution in [3.05, 3.63) is 34.9 Å². The van der Waals surface area contributed by atoms with Crippen molar-refractivity contribution in [1.29, 1.82) is 0 Å². The van der Waals surface area contributed by atoms with Gasteiger partial charge >= 0.3 is 12.0 Å². The van der Waals surface area contributed by atoms with E-state index in [1.54, 1.807) is 13.0 Å². The van der Waals surface area contributed by atoms with E-state index >= 15 is 0 Å². The summed E-state index contributed by atoms with van der Waals surface area (Å²) in [4.78, 5) is 35.6. The van der Waals surface area contributed by atoms with E-state index in [2.05, 4.69) is 5.32 Å². The van der Waals surface area contributed by atoms with E-state index in [0.717, 1.165) is 16.0 Å². The quantitative estimate of drug-likeness (QED) is 0.811. The average Bonchev–Trinajstić information content (AvgIpc) is 2.57. The zero-order valence-electron chi connectivity index (χ0n) is 11.6. The molecule has 0 radical (unpaired) electrons. The van der Waals surface area contributed by atoms with E-state index in [1.165, 1.54) is 0 Å². The maximum Gasteiger partial charge on any atom is 0.325 e. The molecule has 1 heterocycles. The van der Waals surface area contributed by atoms with Crippen molar-refractivity contribution in [3.8, 4) is 0 Å². The second-order valence-corrected chi connectivity index (χ2v) is 5.14. The first kappa shape index (κ1) is 14.0. The fraction of sp³-hybridized carbons (Fsp3) is 0.357. The van der Waals surface area contributed by atoms with E-state index in [9.17, 15) is 14.4 Å². The lowest BCUT2D eigenvalue weighted by Crippen LogP contribution is -2.41. The minimum Gasteiger partial charge on any atom is -0.480 e. The van der Waals surface area contributed by atoms with Gasteiger partial charge in [0.25, 0.3) is 5.91 Å². The second kappa shape index (κ2) is 4.63. The molecule has 3 amide bonds.